The molecule has 3 atom stereocenters. The molecule has 1 aliphatic carbocycles. The summed E-state index contributed by atoms with van der Waals surface area (Å²) in [7, 11) is -3.60. The lowest BCUT2D eigenvalue weighted by atomic mass is 9.74. The Balaban J connectivity index is 1.89. The van der Waals surface area contributed by atoms with E-state index < -0.39 is 20.5 Å². The van der Waals surface area contributed by atoms with E-state index in [1.807, 2.05) is 49.4 Å². The zero-order valence-corrected chi connectivity index (χ0v) is 16.9. The van der Waals surface area contributed by atoms with Crippen LogP contribution in [0.4, 0.5) is 0 Å². The van der Waals surface area contributed by atoms with Crippen LogP contribution >= 0.6 is 0 Å². The molecule has 3 nitrogen and oxygen atoms in total. The minimum absolute atomic E-state index is 0.130. The molecule has 1 fully saturated rings. The van der Waals surface area contributed by atoms with Crippen molar-refractivity contribution in [2.75, 3.05) is 0 Å². The number of hydrogen-bond acceptors (Lipinski definition) is 3. The van der Waals surface area contributed by atoms with Crippen molar-refractivity contribution < 1.29 is 13.2 Å². The van der Waals surface area contributed by atoms with Crippen LogP contribution in [0.15, 0.2) is 84.3 Å². The monoisotopic (exact) mass is 394 g/mol. The molecule has 2 aromatic rings. The quantitative estimate of drug-likeness (QED) is 0.614. The highest BCUT2D eigenvalue weighted by atomic mass is 32.2. The summed E-state index contributed by atoms with van der Waals surface area (Å²) in [5, 5.41) is -0.781. The lowest BCUT2D eigenvalue weighted by molar-refractivity contribution is -0.126. The summed E-state index contributed by atoms with van der Waals surface area (Å²) in [6.45, 7) is 5.71. The van der Waals surface area contributed by atoms with E-state index in [-0.39, 0.29) is 16.6 Å². The van der Waals surface area contributed by atoms with Crippen LogP contribution in [0.3, 0.4) is 0 Å². The molecule has 3 rings (SSSR count). The Morgan fingerprint density at radius 2 is 1.71 bits per heavy atom. The van der Waals surface area contributed by atoms with Gasteiger partial charge in [0.05, 0.1) is 10.1 Å². The first kappa shape index (κ1) is 20.3. The minimum Gasteiger partial charge on any atom is -0.299 e. The molecule has 1 aliphatic rings. The van der Waals surface area contributed by atoms with Gasteiger partial charge in [-0.15, -0.1) is 6.58 Å². The van der Waals surface area contributed by atoms with Gasteiger partial charge >= 0.3 is 0 Å². The highest BCUT2D eigenvalue weighted by Gasteiger charge is 2.51. The number of Topliss-reactive ketones (excluding diaryl/α,β-unsaturated/α-hetero) is 1. The zero-order valence-electron chi connectivity index (χ0n) is 16.1. The molecule has 2 aromatic carbocycles. The van der Waals surface area contributed by atoms with Crippen LogP contribution in [0, 0.1) is 11.3 Å². The normalized spacial score (nSPS) is 23.8. The van der Waals surface area contributed by atoms with Crippen LogP contribution in [-0.4, -0.2) is 19.5 Å². The third-order valence-corrected chi connectivity index (χ3v) is 8.02. The number of ketones is 1. The Bertz CT molecular complexity index is 961. The number of allylic oxidation sites excluding steroid dienone is 1. The zero-order chi connectivity index (χ0) is 20.2. The fourth-order valence-electron chi connectivity index (χ4n) is 4.17. The van der Waals surface area contributed by atoms with E-state index in [1.54, 1.807) is 30.3 Å². The van der Waals surface area contributed by atoms with Gasteiger partial charge in [-0.1, -0.05) is 73.7 Å². The number of carbonyl (C=O) groups is 1. The van der Waals surface area contributed by atoms with Crippen molar-refractivity contribution in [3.8, 4) is 0 Å². The number of sulfone groups is 1. The molecule has 1 saturated carbocycles. The van der Waals surface area contributed by atoms with E-state index in [0.29, 0.717) is 19.3 Å². The van der Waals surface area contributed by atoms with Crippen LogP contribution in [0.25, 0.3) is 6.08 Å². The van der Waals surface area contributed by atoms with Crippen molar-refractivity contribution in [1.29, 1.82) is 0 Å². The van der Waals surface area contributed by atoms with Crippen LogP contribution in [-0.2, 0) is 14.6 Å². The fraction of sp³-hybridized carbons (Fsp3) is 0.292. The summed E-state index contributed by atoms with van der Waals surface area (Å²) >= 11 is 0. The summed E-state index contributed by atoms with van der Waals surface area (Å²) in [5.74, 6) is -0.159. The van der Waals surface area contributed by atoms with E-state index in [9.17, 15) is 13.2 Å². The van der Waals surface area contributed by atoms with Gasteiger partial charge in [-0.2, -0.15) is 0 Å². The Morgan fingerprint density at radius 1 is 1.11 bits per heavy atom. The molecule has 1 unspecified atom stereocenters. The Hall–Kier alpha value is -2.46. The summed E-state index contributed by atoms with van der Waals surface area (Å²) < 4.78 is 26.5. The van der Waals surface area contributed by atoms with E-state index in [4.69, 9.17) is 0 Å². The SMILES string of the molecule is C=CC([C@@H]1CCC(=O)[C@@]1(C)C/C=C/c1ccccc1)S(=O)(=O)c1ccccc1. The second-order valence-corrected chi connectivity index (χ2v) is 9.67. The van der Waals surface area contributed by atoms with Crippen LogP contribution < -0.4 is 0 Å². The van der Waals surface area contributed by atoms with Crippen molar-refractivity contribution in [2.45, 2.75) is 36.3 Å². The largest absolute Gasteiger partial charge is 0.299 e. The Kier molecular flexibility index (Phi) is 5.99. The highest BCUT2D eigenvalue weighted by Crippen LogP contribution is 2.48. The molecule has 0 spiro atoms. The molecule has 0 bridgehead atoms. The van der Waals surface area contributed by atoms with Crippen LogP contribution in [0.1, 0.15) is 31.7 Å². The van der Waals surface area contributed by atoms with E-state index >= 15 is 0 Å². The van der Waals surface area contributed by atoms with Gasteiger partial charge in [0.15, 0.2) is 9.84 Å². The molecule has 28 heavy (non-hydrogen) atoms. The maximum absolute atomic E-state index is 13.2. The molecule has 0 N–H and O–H groups in total. The van der Waals surface area contributed by atoms with Crippen molar-refractivity contribution in [2.24, 2.45) is 11.3 Å². The standard InChI is InChI=1S/C24H26O3S/c1-3-22(28(26,27)20-14-8-5-9-15-20)21-16-17-23(25)24(21,2)18-10-13-19-11-6-4-7-12-19/h3-15,21-22H,1,16-18H2,2H3/b13-10+/t21-,22?,24-/m0/s1. The first-order valence-electron chi connectivity index (χ1n) is 9.56. The number of hydrogen-bond donors (Lipinski definition) is 0. The van der Waals surface area contributed by atoms with Crippen molar-refractivity contribution >= 4 is 21.7 Å². The smallest absolute Gasteiger partial charge is 0.185 e. The molecule has 0 heterocycles. The van der Waals surface area contributed by atoms with E-state index in [0.717, 1.165) is 5.56 Å². The minimum atomic E-state index is -3.60. The summed E-state index contributed by atoms with van der Waals surface area (Å²) in [6, 6.07) is 18.3. The maximum atomic E-state index is 13.2. The van der Waals surface area contributed by atoms with Gasteiger partial charge < -0.3 is 0 Å². The number of carbonyl (C=O) groups excluding carboxylic acids is 1. The molecule has 0 saturated heterocycles. The van der Waals surface area contributed by atoms with Gasteiger partial charge in [0, 0.05) is 11.8 Å². The predicted molar refractivity (Wildman–Crippen MR) is 114 cm³/mol. The number of benzene rings is 2. The van der Waals surface area contributed by atoms with Crippen molar-refractivity contribution in [1.82, 2.24) is 0 Å². The first-order chi connectivity index (χ1) is 13.4. The maximum Gasteiger partial charge on any atom is 0.185 e. The second kappa shape index (κ2) is 8.27. The summed E-state index contributed by atoms with van der Waals surface area (Å²) in [6.07, 6.45) is 6.97. The third-order valence-electron chi connectivity index (χ3n) is 5.85. The van der Waals surface area contributed by atoms with Gasteiger partial charge in [-0.05, 0) is 36.5 Å². The highest BCUT2D eigenvalue weighted by molar-refractivity contribution is 7.92. The third kappa shape index (κ3) is 3.88. The average Bonchev–Trinajstić information content (AvgIpc) is 2.99. The molecule has 0 radical (unpaired) electrons. The molecular weight excluding hydrogens is 368 g/mol. The summed E-state index contributed by atoms with van der Waals surface area (Å²) in [5.41, 5.74) is 0.344. The van der Waals surface area contributed by atoms with E-state index in [2.05, 4.69) is 6.58 Å². The van der Waals surface area contributed by atoms with Crippen LogP contribution in [0.5, 0.6) is 0 Å². The van der Waals surface area contributed by atoms with Crippen molar-refractivity contribution in [3.63, 3.8) is 0 Å². The first-order valence-corrected chi connectivity index (χ1v) is 11.1. The van der Waals surface area contributed by atoms with E-state index in [1.165, 1.54) is 6.08 Å². The lowest BCUT2D eigenvalue weighted by Crippen LogP contribution is -2.39. The van der Waals surface area contributed by atoms with Gasteiger partial charge in [-0.25, -0.2) is 8.42 Å². The Morgan fingerprint density at radius 3 is 2.32 bits per heavy atom. The molecule has 0 aromatic heterocycles. The Labute approximate surface area is 167 Å². The van der Waals surface area contributed by atoms with Crippen molar-refractivity contribution in [3.05, 3.63) is 85.0 Å². The molecule has 0 aliphatic heterocycles. The molecule has 0 amide bonds. The fourth-order valence-corrected chi connectivity index (χ4v) is 6.14. The lowest BCUT2D eigenvalue weighted by Gasteiger charge is -2.33. The van der Waals surface area contributed by atoms with Crippen LogP contribution in [0.2, 0.25) is 0 Å². The number of rotatable bonds is 7. The second-order valence-electron chi connectivity index (χ2n) is 7.56. The topological polar surface area (TPSA) is 51.2 Å². The summed E-state index contributed by atoms with van der Waals surface area (Å²) in [4.78, 5) is 13.0. The average molecular weight is 395 g/mol. The van der Waals surface area contributed by atoms with Gasteiger partial charge in [0.1, 0.15) is 5.78 Å². The molecule has 146 valence electrons. The van der Waals surface area contributed by atoms with Gasteiger partial charge in [0.2, 0.25) is 0 Å². The molecule has 4 heteroatoms. The van der Waals surface area contributed by atoms with Gasteiger partial charge in [-0.3, -0.25) is 4.79 Å². The van der Waals surface area contributed by atoms with Gasteiger partial charge in [0.25, 0.3) is 0 Å². The predicted octanol–water partition coefficient (Wildman–Crippen LogP) is 5.10. The molecular formula is C24H26O3S.